The van der Waals surface area contributed by atoms with E-state index in [1.807, 2.05) is 20.0 Å². The number of aryl methyl sites for hydroxylation is 2. The maximum atomic E-state index is 5.17. The second kappa shape index (κ2) is 6.16. The van der Waals surface area contributed by atoms with Crippen molar-refractivity contribution in [1.29, 1.82) is 0 Å². The zero-order valence-corrected chi connectivity index (χ0v) is 12.7. The fourth-order valence-electron chi connectivity index (χ4n) is 2.75. The molecular formula is C16H22N4O. The van der Waals surface area contributed by atoms with Gasteiger partial charge in [0.1, 0.15) is 11.6 Å². The van der Waals surface area contributed by atoms with Gasteiger partial charge in [-0.15, -0.1) is 0 Å². The summed E-state index contributed by atoms with van der Waals surface area (Å²) in [7, 11) is 0. The van der Waals surface area contributed by atoms with Crippen molar-refractivity contribution in [3.8, 4) is 0 Å². The Hall–Kier alpha value is -2.04. The third kappa shape index (κ3) is 3.17. The van der Waals surface area contributed by atoms with Crippen LogP contribution < -0.4 is 10.2 Å². The van der Waals surface area contributed by atoms with E-state index in [0.717, 1.165) is 41.6 Å². The highest BCUT2D eigenvalue weighted by Crippen LogP contribution is 2.20. The quantitative estimate of drug-likeness (QED) is 0.934. The summed E-state index contributed by atoms with van der Waals surface area (Å²) in [5, 5.41) is 7.34. The molecule has 5 heteroatoms. The maximum absolute atomic E-state index is 5.17. The van der Waals surface area contributed by atoms with Crippen molar-refractivity contribution < 1.29 is 4.52 Å². The van der Waals surface area contributed by atoms with Gasteiger partial charge in [0.05, 0.1) is 17.6 Å². The minimum atomic E-state index is 0.714. The molecule has 5 nitrogen and oxygen atoms in total. The Balaban J connectivity index is 1.62. The van der Waals surface area contributed by atoms with Crippen LogP contribution in [0.2, 0.25) is 0 Å². The lowest BCUT2D eigenvalue weighted by Gasteiger charge is -2.27. The molecule has 2 aromatic heterocycles. The van der Waals surface area contributed by atoms with Crippen LogP contribution in [0.4, 0.5) is 11.5 Å². The Morgan fingerprint density at radius 3 is 2.62 bits per heavy atom. The van der Waals surface area contributed by atoms with E-state index in [9.17, 15) is 0 Å². The van der Waals surface area contributed by atoms with E-state index in [-0.39, 0.29) is 0 Å². The molecule has 0 atom stereocenters. The number of pyridine rings is 1. The minimum absolute atomic E-state index is 0.714. The van der Waals surface area contributed by atoms with Crippen molar-refractivity contribution in [2.24, 2.45) is 0 Å². The predicted octanol–water partition coefficient (Wildman–Crippen LogP) is 3.29. The molecule has 0 saturated carbocycles. The first-order chi connectivity index (χ1) is 10.2. The topological polar surface area (TPSA) is 54.2 Å². The van der Waals surface area contributed by atoms with E-state index >= 15 is 0 Å². The molecular weight excluding hydrogens is 264 g/mol. The van der Waals surface area contributed by atoms with Crippen molar-refractivity contribution >= 4 is 11.5 Å². The summed E-state index contributed by atoms with van der Waals surface area (Å²) in [6.07, 6.45) is 5.79. The highest BCUT2D eigenvalue weighted by atomic mass is 16.5. The van der Waals surface area contributed by atoms with Crippen LogP contribution in [0.5, 0.6) is 0 Å². The summed E-state index contributed by atoms with van der Waals surface area (Å²) in [5.74, 6) is 1.95. The maximum Gasteiger partial charge on any atom is 0.138 e. The summed E-state index contributed by atoms with van der Waals surface area (Å²) >= 11 is 0. The third-order valence-corrected chi connectivity index (χ3v) is 4.08. The van der Waals surface area contributed by atoms with E-state index < -0.39 is 0 Å². The van der Waals surface area contributed by atoms with Gasteiger partial charge in [-0.2, -0.15) is 0 Å². The molecule has 0 aliphatic carbocycles. The zero-order chi connectivity index (χ0) is 14.7. The van der Waals surface area contributed by atoms with Crippen LogP contribution in [-0.2, 0) is 6.54 Å². The summed E-state index contributed by atoms with van der Waals surface area (Å²) in [5.41, 5.74) is 3.09. The van der Waals surface area contributed by atoms with E-state index in [0.29, 0.717) is 6.54 Å². The van der Waals surface area contributed by atoms with E-state index in [4.69, 9.17) is 4.52 Å². The van der Waals surface area contributed by atoms with Crippen LogP contribution in [0.3, 0.4) is 0 Å². The number of aromatic nitrogens is 2. The predicted molar refractivity (Wildman–Crippen MR) is 83.6 cm³/mol. The van der Waals surface area contributed by atoms with Gasteiger partial charge in [-0.3, -0.25) is 0 Å². The highest BCUT2D eigenvalue weighted by Gasteiger charge is 2.12. The minimum Gasteiger partial charge on any atom is -0.380 e. The molecule has 0 aromatic carbocycles. The number of anilines is 2. The van der Waals surface area contributed by atoms with Gasteiger partial charge in [-0.1, -0.05) is 5.16 Å². The first-order valence-corrected chi connectivity index (χ1v) is 7.60. The SMILES string of the molecule is Cc1noc(C)c1CNc1ccc(N2CCCCC2)nc1. The first kappa shape index (κ1) is 13.9. The van der Waals surface area contributed by atoms with Crippen LogP contribution >= 0.6 is 0 Å². The Labute approximate surface area is 125 Å². The molecule has 1 N–H and O–H groups in total. The van der Waals surface area contributed by atoms with Gasteiger partial charge in [0, 0.05) is 25.2 Å². The zero-order valence-electron chi connectivity index (χ0n) is 12.7. The van der Waals surface area contributed by atoms with Crippen LogP contribution in [0.1, 0.15) is 36.3 Å². The van der Waals surface area contributed by atoms with Crippen LogP contribution in [0.25, 0.3) is 0 Å². The highest BCUT2D eigenvalue weighted by molar-refractivity contribution is 5.49. The second-order valence-electron chi connectivity index (χ2n) is 5.61. The largest absolute Gasteiger partial charge is 0.380 e. The third-order valence-electron chi connectivity index (χ3n) is 4.08. The second-order valence-corrected chi connectivity index (χ2v) is 5.61. The van der Waals surface area contributed by atoms with E-state index in [1.54, 1.807) is 0 Å². The number of hydrogen-bond acceptors (Lipinski definition) is 5. The summed E-state index contributed by atoms with van der Waals surface area (Å²) in [4.78, 5) is 6.93. The van der Waals surface area contributed by atoms with Gasteiger partial charge in [0.2, 0.25) is 0 Å². The molecule has 21 heavy (non-hydrogen) atoms. The molecule has 0 radical (unpaired) electrons. The average Bonchev–Trinajstić information content (AvgIpc) is 2.85. The van der Waals surface area contributed by atoms with Gasteiger partial charge < -0.3 is 14.7 Å². The Morgan fingerprint density at radius 1 is 1.19 bits per heavy atom. The van der Waals surface area contributed by atoms with Gasteiger partial charge in [0.15, 0.2) is 0 Å². The molecule has 0 bridgehead atoms. The van der Waals surface area contributed by atoms with Crippen LogP contribution in [0.15, 0.2) is 22.9 Å². The lowest BCUT2D eigenvalue weighted by atomic mass is 10.1. The Morgan fingerprint density at radius 2 is 2.00 bits per heavy atom. The molecule has 3 rings (SSSR count). The van der Waals surface area contributed by atoms with Gasteiger partial charge >= 0.3 is 0 Å². The molecule has 1 saturated heterocycles. The number of nitrogens with one attached hydrogen (secondary N) is 1. The summed E-state index contributed by atoms with van der Waals surface area (Å²) in [6.45, 7) is 6.86. The lowest BCUT2D eigenvalue weighted by molar-refractivity contribution is 0.392. The number of hydrogen-bond donors (Lipinski definition) is 1. The first-order valence-electron chi connectivity index (χ1n) is 7.60. The van der Waals surface area contributed by atoms with Crippen molar-refractivity contribution in [3.05, 3.63) is 35.3 Å². The molecule has 0 spiro atoms. The lowest BCUT2D eigenvalue weighted by Crippen LogP contribution is -2.30. The van der Waals surface area contributed by atoms with Crippen molar-refractivity contribution in [2.45, 2.75) is 39.7 Å². The molecule has 1 aliphatic rings. The number of nitrogens with zero attached hydrogens (tertiary/aromatic N) is 3. The molecule has 112 valence electrons. The molecule has 0 amide bonds. The molecule has 2 aromatic rings. The number of piperidine rings is 1. The molecule has 1 aliphatic heterocycles. The Bertz CT molecular complexity index is 565. The van der Waals surface area contributed by atoms with E-state index in [2.05, 4.69) is 32.5 Å². The van der Waals surface area contributed by atoms with Gasteiger partial charge in [-0.25, -0.2) is 4.98 Å². The smallest absolute Gasteiger partial charge is 0.138 e. The fraction of sp³-hybridized carbons (Fsp3) is 0.500. The standard InChI is InChI=1S/C16H22N4O/c1-12-15(13(2)21-19-12)11-17-14-6-7-16(18-10-14)20-8-4-3-5-9-20/h6-7,10,17H,3-5,8-9,11H2,1-2H3. The fourth-order valence-corrected chi connectivity index (χ4v) is 2.75. The summed E-state index contributed by atoms with van der Waals surface area (Å²) < 4.78 is 5.17. The van der Waals surface area contributed by atoms with Crippen LogP contribution in [0, 0.1) is 13.8 Å². The average molecular weight is 286 g/mol. The van der Waals surface area contributed by atoms with Crippen molar-refractivity contribution in [1.82, 2.24) is 10.1 Å². The molecule has 0 unspecified atom stereocenters. The van der Waals surface area contributed by atoms with Crippen LogP contribution in [-0.4, -0.2) is 23.2 Å². The summed E-state index contributed by atoms with van der Waals surface area (Å²) in [6, 6.07) is 4.19. The molecule has 3 heterocycles. The molecule has 1 fully saturated rings. The Kier molecular flexibility index (Phi) is 4.08. The van der Waals surface area contributed by atoms with Gasteiger partial charge in [-0.05, 0) is 45.2 Å². The normalized spacial score (nSPS) is 15.2. The van der Waals surface area contributed by atoms with Crippen molar-refractivity contribution in [2.75, 3.05) is 23.3 Å². The van der Waals surface area contributed by atoms with E-state index in [1.165, 1.54) is 19.3 Å². The number of rotatable bonds is 4. The van der Waals surface area contributed by atoms with Gasteiger partial charge in [0.25, 0.3) is 0 Å². The van der Waals surface area contributed by atoms with Crippen molar-refractivity contribution in [3.63, 3.8) is 0 Å². The monoisotopic (exact) mass is 286 g/mol.